The zero-order valence-electron chi connectivity index (χ0n) is 5.71. The van der Waals surface area contributed by atoms with Crippen molar-refractivity contribution in [3.05, 3.63) is 0 Å². The predicted molar refractivity (Wildman–Crippen MR) is 39.0 cm³/mol. The second kappa shape index (κ2) is 3.87. The number of nitrogens with zero attached hydrogens (tertiary/aromatic N) is 1. The molecule has 1 heterocycles. The van der Waals surface area contributed by atoms with Crippen molar-refractivity contribution >= 4 is 12.7 Å². The Labute approximate surface area is 59.7 Å². The summed E-state index contributed by atoms with van der Waals surface area (Å²) in [4.78, 5) is 13.9. The molecule has 0 bridgehead atoms. The minimum Gasteiger partial charge on any atom is -0.374 e. The van der Waals surface area contributed by atoms with Gasteiger partial charge in [0.15, 0.2) is 0 Å². The Morgan fingerprint density at radius 1 is 1.90 bits per heavy atom. The molecular formula is C6H11N3O. The molecule has 1 aliphatic heterocycles. The van der Waals surface area contributed by atoms with E-state index in [9.17, 15) is 4.79 Å². The van der Waals surface area contributed by atoms with Gasteiger partial charge in [-0.2, -0.15) is 0 Å². The number of aliphatic imine (C=N–C) groups is 1. The van der Waals surface area contributed by atoms with Crippen molar-refractivity contribution in [3.8, 4) is 0 Å². The molecule has 0 aromatic heterocycles. The Kier molecular flexibility index (Phi) is 2.73. The molecule has 1 atom stereocenters. The third-order valence-electron chi connectivity index (χ3n) is 1.44. The molecule has 0 saturated carbocycles. The molecule has 1 aliphatic rings. The van der Waals surface area contributed by atoms with Gasteiger partial charge >= 0.3 is 0 Å². The Morgan fingerprint density at radius 3 is 3.40 bits per heavy atom. The lowest BCUT2D eigenvalue weighted by Crippen LogP contribution is -2.21. The van der Waals surface area contributed by atoms with Gasteiger partial charge in [0.05, 0.1) is 12.4 Å². The van der Waals surface area contributed by atoms with E-state index in [1.807, 2.05) is 0 Å². The Morgan fingerprint density at radius 2 is 2.80 bits per heavy atom. The normalized spacial score (nSPS) is 22.2. The van der Waals surface area contributed by atoms with Crippen LogP contribution in [-0.2, 0) is 4.79 Å². The van der Waals surface area contributed by atoms with Gasteiger partial charge in [-0.25, -0.2) is 0 Å². The Balaban J connectivity index is 2.02. The van der Waals surface area contributed by atoms with Crippen molar-refractivity contribution in [3.63, 3.8) is 0 Å². The molecule has 56 valence electrons. The van der Waals surface area contributed by atoms with Crippen molar-refractivity contribution in [2.24, 2.45) is 4.99 Å². The van der Waals surface area contributed by atoms with E-state index in [1.165, 1.54) is 0 Å². The van der Waals surface area contributed by atoms with E-state index in [0.29, 0.717) is 19.0 Å². The van der Waals surface area contributed by atoms with Gasteiger partial charge in [-0.1, -0.05) is 0 Å². The molecule has 0 fully saturated rings. The molecule has 0 saturated heterocycles. The standard InChI is InChI=1S/C6H11N3O/c10-5-7-2-1-6-3-8-4-9-6/h4-6H,1-3H2,(H,7,10)(H,8,9). The van der Waals surface area contributed by atoms with E-state index in [2.05, 4.69) is 15.6 Å². The highest BCUT2D eigenvalue weighted by atomic mass is 16.1. The van der Waals surface area contributed by atoms with Gasteiger partial charge in [0.1, 0.15) is 0 Å². The lowest BCUT2D eigenvalue weighted by atomic mass is 10.2. The summed E-state index contributed by atoms with van der Waals surface area (Å²) in [5, 5.41) is 5.58. The molecule has 4 nitrogen and oxygen atoms in total. The van der Waals surface area contributed by atoms with Gasteiger partial charge in [0.25, 0.3) is 0 Å². The third-order valence-corrected chi connectivity index (χ3v) is 1.44. The highest BCUT2D eigenvalue weighted by molar-refractivity contribution is 5.57. The van der Waals surface area contributed by atoms with Gasteiger partial charge in [-0.3, -0.25) is 9.79 Å². The van der Waals surface area contributed by atoms with Crippen LogP contribution in [0.4, 0.5) is 0 Å². The van der Waals surface area contributed by atoms with E-state index in [1.54, 1.807) is 6.34 Å². The quantitative estimate of drug-likeness (QED) is 0.394. The molecule has 1 unspecified atom stereocenters. The number of amides is 1. The van der Waals surface area contributed by atoms with Crippen LogP contribution >= 0.6 is 0 Å². The van der Waals surface area contributed by atoms with Gasteiger partial charge in [-0.15, -0.1) is 0 Å². The summed E-state index contributed by atoms with van der Waals surface area (Å²) in [5.41, 5.74) is 0. The minimum absolute atomic E-state index is 0.354. The first kappa shape index (κ1) is 7.05. The number of nitrogens with one attached hydrogen (secondary N) is 2. The van der Waals surface area contributed by atoms with Crippen LogP contribution in [0.5, 0.6) is 0 Å². The first-order valence-electron chi connectivity index (χ1n) is 3.35. The maximum atomic E-state index is 9.81. The molecular weight excluding hydrogens is 130 g/mol. The number of carbonyl (C=O) groups excluding carboxylic acids is 1. The van der Waals surface area contributed by atoms with Crippen molar-refractivity contribution in [2.75, 3.05) is 13.1 Å². The van der Waals surface area contributed by atoms with Crippen LogP contribution < -0.4 is 10.6 Å². The van der Waals surface area contributed by atoms with E-state index in [0.717, 1.165) is 13.0 Å². The monoisotopic (exact) mass is 141 g/mol. The number of rotatable bonds is 4. The molecule has 1 amide bonds. The summed E-state index contributed by atoms with van der Waals surface area (Å²) < 4.78 is 0. The fourth-order valence-corrected chi connectivity index (χ4v) is 0.885. The summed E-state index contributed by atoms with van der Waals surface area (Å²) in [7, 11) is 0. The fourth-order valence-electron chi connectivity index (χ4n) is 0.885. The molecule has 0 aliphatic carbocycles. The van der Waals surface area contributed by atoms with Crippen LogP contribution in [-0.4, -0.2) is 31.9 Å². The molecule has 2 N–H and O–H groups in total. The summed E-state index contributed by atoms with van der Waals surface area (Å²) >= 11 is 0. The molecule has 1 rings (SSSR count). The van der Waals surface area contributed by atoms with E-state index < -0.39 is 0 Å². The SMILES string of the molecule is O=CNCCC1CNC=N1. The largest absolute Gasteiger partial charge is 0.374 e. The molecule has 10 heavy (non-hydrogen) atoms. The number of carbonyl (C=O) groups is 1. The van der Waals surface area contributed by atoms with Crippen molar-refractivity contribution < 1.29 is 4.79 Å². The van der Waals surface area contributed by atoms with E-state index in [4.69, 9.17) is 0 Å². The lowest BCUT2D eigenvalue weighted by Gasteiger charge is -2.03. The molecule has 4 heteroatoms. The molecule has 0 aromatic rings. The summed E-state index contributed by atoms with van der Waals surface area (Å²) in [6.07, 6.45) is 3.35. The van der Waals surface area contributed by atoms with Gasteiger partial charge in [0, 0.05) is 13.1 Å². The van der Waals surface area contributed by atoms with Crippen LogP contribution in [0, 0.1) is 0 Å². The third kappa shape index (κ3) is 2.05. The first-order valence-corrected chi connectivity index (χ1v) is 3.35. The Bertz CT molecular complexity index is 135. The topological polar surface area (TPSA) is 53.5 Å². The summed E-state index contributed by atoms with van der Waals surface area (Å²) in [6.45, 7) is 1.62. The first-order chi connectivity index (χ1) is 4.93. The van der Waals surface area contributed by atoms with Gasteiger partial charge < -0.3 is 10.6 Å². The van der Waals surface area contributed by atoms with Crippen LogP contribution in [0.25, 0.3) is 0 Å². The van der Waals surface area contributed by atoms with Crippen LogP contribution in [0.1, 0.15) is 6.42 Å². The summed E-state index contributed by atoms with van der Waals surface area (Å²) in [6, 6.07) is 0.354. The average molecular weight is 141 g/mol. The highest BCUT2D eigenvalue weighted by Gasteiger charge is 2.07. The minimum atomic E-state index is 0.354. The zero-order valence-corrected chi connectivity index (χ0v) is 5.71. The van der Waals surface area contributed by atoms with Gasteiger partial charge in [-0.05, 0) is 6.42 Å². The second-order valence-corrected chi connectivity index (χ2v) is 2.20. The van der Waals surface area contributed by atoms with E-state index >= 15 is 0 Å². The van der Waals surface area contributed by atoms with Crippen LogP contribution in [0.3, 0.4) is 0 Å². The molecule has 0 spiro atoms. The zero-order chi connectivity index (χ0) is 7.23. The molecule has 0 radical (unpaired) electrons. The fraction of sp³-hybridized carbons (Fsp3) is 0.667. The maximum absolute atomic E-state index is 9.81. The van der Waals surface area contributed by atoms with Crippen molar-refractivity contribution in [1.82, 2.24) is 10.6 Å². The molecule has 0 aromatic carbocycles. The van der Waals surface area contributed by atoms with Crippen molar-refractivity contribution in [1.29, 1.82) is 0 Å². The van der Waals surface area contributed by atoms with Crippen molar-refractivity contribution in [2.45, 2.75) is 12.5 Å². The maximum Gasteiger partial charge on any atom is 0.207 e. The van der Waals surface area contributed by atoms with Crippen LogP contribution in [0.2, 0.25) is 0 Å². The summed E-state index contributed by atoms with van der Waals surface area (Å²) in [5.74, 6) is 0. The number of hydrogen-bond donors (Lipinski definition) is 2. The highest BCUT2D eigenvalue weighted by Crippen LogP contribution is 1.97. The average Bonchev–Trinajstić information content (AvgIpc) is 2.41. The Hall–Kier alpha value is -1.06. The van der Waals surface area contributed by atoms with E-state index in [-0.39, 0.29) is 0 Å². The smallest absolute Gasteiger partial charge is 0.207 e. The predicted octanol–water partition coefficient (Wildman–Crippen LogP) is -0.877. The number of hydrogen-bond acceptors (Lipinski definition) is 3. The second-order valence-electron chi connectivity index (χ2n) is 2.20. The van der Waals surface area contributed by atoms with Gasteiger partial charge in [0.2, 0.25) is 6.41 Å². The van der Waals surface area contributed by atoms with Crippen LogP contribution in [0.15, 0.2) is 4.99 Å². The lowest BCUT2D eigenvalue weighted by molar-refractivity contribution is -0.109.